The predicted molar refractivity (Wildman–Crippen MR) is 62.8 cm³/mol. The molecule has 0 unspecified atom stereocenters. The molecule has 14 heavy (non-hydrogen) atoms. The van der Waals surface area contributed by atoms with Crippen molar-refractivity contribution in [1.82, 2.24) is 0 Å². The molecule has 0 aromatic rings. The molecule has 0 aromatic carbocycles. The first-order valence-corrected chi connectivity index (χ1v) is 5.20. The zero-order valence-corrected chi connectivity index (χ0v) is 8.52. The molecule has 0 heterocycles. The van der Waals surface area contributed by atoms with E-state index in [-0.39, 0.29) is 0 Å². The molecule has 0 spiro atoms. The van der Waals surface area contributed by atoms with Gasteiger partial charge in [-0.2, -0.15) is 0 Å². The Morgan fingerprint density at radius 1 is 0.786 bits per heavy atom. The molecular weight excluding hydrogens is 168 g/mol. The van der Waals surface area contributed by atoms with Crippen molar-refractivity contribution >= 4 is 0 Å². The van der Waals surface area contributed by atoms with E-state index in [0.29, 0.717) is 0 Å². The van der Waals surface area contributed by atoms with Crippen LogP contribution >= 0.6 is 0 Å². The van der Waals surface area contributed by atoms with Crippen molar-refractivity contribution in [2.45, 2.75) is 25.7 Å². The zero-order valence-electron chi connectivity index (χ0n) is 8.52. The topological polar surface area (TPSA) is 0 Å². The first kappa shape index (κ1) is 10.8. The van der Waals surface area contributed by atoms with Crippen molar-refractivity contribution in [2.24, 2.45) is 0 Å². The number of rotatable bonds is 0. The zero-order chi connectivity index (χ0) is 9.90. The minimum Gasteiger partial charge on any atom is -0.0845 e. The lowest BCUT2D eigenvalue weighted by Gasteiger charge is -1.88. The van der Waals surface area contributed by atoms with Crippen molar-refractivity contribution in [3.63, 3.8) is 0 Å². The minimum atomic E-state index is 0.992. The van der Waals surface area contributed by atoms with Gasteiger partial charge in [-0.1, -0.05) is 54.7 Å². The molecule has 73 valence electrons. The van der Waals surface area contributed by atoms with Gasteiger partial charge in [0, 0.05) is 0 Å². The summed E-state index contributed by atoms with van der Waals surface area (Å²) in [7, 11) is 0. The predicted octanol–water partition coefficient (Wildman–Crippen LogP) is 4.14. The summed E-state index contributed by atoms with van der Waals surface area (Å²) in [4.78, 5) is 0. The molecule has 1 rings (SSSR count). The highest BCUT2D eigenvalue weighted by Crippen LogP contribution is 1.98. The maximum atomic E-state index is 3.25. The fourth-order valence-corrected chi connectivity index (χ4v) is 1.16. The van der Waals surface area contributed by atoms with Crippen LogP contribution in [-0.2, 0) is 0 Å². The molecule has 0 heteroatoms. The van der Waals surface area contributed by atoms with E-state index in [4.69, 9.17) is 0 Å². The van der Waals surface area contributed by atoms with Crippen LogP contribution in [0.25, 0.3) is 0 Å². The summed E-state index contributed by atoms with van der Waals surface area (Å²) in [6, 6.07) is 0. The lowest BCUT2D eigenvalue weighted by molar-refractivity contribution is 0.855. The van der Waals surface area contributed by atoms with Gasteiger partial charge in [-0.15, -0.1) is 0 Å². The van der Waals surface area contributed by atoms with E-state index in [1.54, 1.807) is 0 Å². The highest BCUT2D eigenvalue weighted by molar-refractivity contribution is 5.12. The molecule has 1 radical (unpaired) electrons. The Bertz CT molecular complexity index is 262. The van der Waals surface area contributed by atoms with E-state index in [2.05, 4.69) is 54.7 Å². The molecule has 0 bridgehead atoms. The van der Waals surface area contributed by atoms with Crippen molar-refractivity contribution in [3.05, 3.63) is 60.8 Å². The average Bonchev–Trinajstić information content (AvgIpc) is 2.22. The van der Waals surface area contributed by atoms with Gasteiger partial charge in [-0.05, 0) is 31.8 Å². The van der Waals surface area contributed by atoms with Crippen molar-refractivity contribution < 1.29 is 0 Å². The molecular formula is C14H17. The molecule has 0 N–H and O–H groups in total. The molecule has 0 amide bonds. The summed E-state index contributed by atoms with van der Waals surface area (Å²) in [5, 5.41) is 0. The second kappa shape index (κ2) is 8.31. The Labute approximate surface area is 87.0 Å². The van der Waals surface area contributed by atoms with Crippen molar-refractivity contribution in [3.8, 4) is 0 Å². The SMILES string of the molecule is [C]1=C/C=C\C\C=C/C=C/C=C\CCC/1. The van der Waals surface area contributed by atoms with Gasteiger partial charge in [0.1, 0.15) is 0 Å². The summed E-state index contributed by atoms with van der Waals surface area (Å²) < 4.78 is 0. The highest BCUT2D eigenvalue weighted by atomic mass is 13.9. The van der Waals surface area contributed by atoms with Gasteiger partial charge in [-0.3, -0.25) is 0 Å². The van der Waals surface area contributed by atoms with E-state index in [9.17, 15) is 0 Å². The molecule has 0 nitrogen and oxygen atoms in total. The Kier molecular flexibility index (Phi) is 6.39. The molecule has 0 fully saturated rings. The van der Waals surface area contributed by atoms with Gasteiger partial charge in [0.25, 0.3) is 0 Å². The van der Waals surface area contributed by atoms with E-state index in [1.165, 1.54) is 6.42 Å². The number of hydrogen-bond acceptors (Lipinski definition) is 0. The number of hydrogen-bond donors (Lipinski definition) is 0. The Hall–Kier alpha value is -1.30. The molecule has 0 aromatic heterocycles. The Balaban J connectivity index is 2.45. The fourth-order valence-electron chi connectivity index (χ4n) is 1.16. The maximum Gasteiger partial charge on any atom is -0.0163 e. The van der Waals surface area contributed by atoms with Crippen molar-refractivity contribution in [2.75, 3.05) is 0 Å². The largest absolute Gasteiger partial charge is 0.0845 e. The quantitative estimate of drug-likeness (QED) is 0.532. The summed E-state index contributed by atoms with van der Waals surface area (Å²) in [6.07, 6.45) is 26.5. The third kappa shape index (κ3) is 6.24. The minimum absolute atomic E-state index is 0.992. The van der Waals surface area contributed by atoms with Gasteiger partial charge in [0.05, 0.1) is 0 Å². The van der Waals surface area contributed by atoms with Gasteiger partial charge < -0.3 is 0 Å². The van der Waals surface area contributed by atoms with Gasteiger partial charge >= 0.3 is 0 Å². The van der Waals surface area contributed by atoms with Crippen LogP contribution in [0.3, 0.4) is 0 Å². The Morgan fingerprint density at radius 3 is 2.50 bits per heavy atom. The molecule has 0 atom stereocenters. The van der Waals surface area contributed by atoms with Crippen LogP contribution in [0.5, 0.6) is 0 Å². The fraction of sp³-hybridized carbons (Fsp3) is 0.286. The Morgan fingerprint density at radius 2 is 1.57 bits per heavy atom. The van der Waals surface area contributed by atoms with Gasteiger partial charge in [0.15, 0.2) is 0 Å². The van der Waals surface area contributed by atoms with Crippen LogP contribution in [0.1, 0.15) is 25.7 Å². The van der Waals surface area contributed by atoms with Crippen LogP contribution in [0.2, 0.25) is 0 Å². The van der Waals surface area contributed by atoms with Crippen LogP contribution in [-0.4, -0.2) is 0 Å². The van der Waals surface area contributed by atoms with E-state index in [0.717, 1.165) is 19.3 Å². The second-order valence-corrected chi connectivity index (χ2v) is 3.17. The first-order chi connectivity index (χ1) is 7.00. The normalized spacial score (nSPS) is 29.7. The first-order valence-electron chi connectivity index (χ1n) is 5.20. The smallest absolute Gasteiger partial charge is 0.0163 e. The summed E-state index contributed by atoms with van der Waals surface area (Å²) in [5.74, 6) is 0. The van der Waals surface area contributed by atoms with Gasteiger partial charge in [0.2, 0.25) is 0 Å². The second-order valence-electron chi connectivity index (χ2n) is 3.17. The molecule has 0 saturated heterocycles. The molecule has 1 aliphatic carbocycles. The van der Waals surface area contributed by atoms with Crippen LogP contribution in [0.4, 0.5) is 0 Å². The van der Waals surface area contributed by atoms with Gasteiger partial charge in [-0.25, -0.2) is 0 Å². The maximum absolute atomic E-state index is 3.25. The summed E-state index contributed by atoms with van der Waals surface area (Å²) >= 11 is 0. The monoisotopic (exact) mass is 185 g/mol. The third-order valence-corrected chi connectivity index (χ3v) is 1.92. The average molecular weight is 185 g/mol. The van der Waals surface area contributed by atoms with E-state index in [1.807, 2.05) is 6.08 Å². The molecule has 1 aliphatic rings. The molecule has 0 saturated carbocycles. The summed E-state index contributed by atoms with van der Waals surface area (Å²) in [6.45, 7) is 0. The lowest BCUT2D eigenvalue weighted by atomic mass is 10.2. The highest BCUT2D eigenvalue weighted by Gasteiger charge is 1.79. The van der Waals surface area contributed by atoms with Crippen LogP contribution < -0.4 is 0 Å². The summed E-state index contributed by atoms with van der Waals surface area (Å²) in [5.41, 5.74) is 0. The van der Waals surface area contributed by atoms with E-state index >= 15 is 0 Å². The lowest BCUT2D eigenvalue weighted by Crippen LogP contribution is -1.69. The number of allylic oxidation sites excluding steroid dienone is 10. The van der Waals surface area contributed by atoms with Crippen LogP contribution in [0.15, 0.2) is 54.7 Å². The standard InChI is InChI=1S/C14H17/c1-2-4-6-8-10-12-14-13-11-9-7-5-3-1/h1-6,9,11,13H,7-8,10,12H2/b2-1+,5-3-,6-4-,11-9-,14-13?. The molecule has 0 aliphatic heterocycles. The van der Waals surface area contributed by atoms with E-state index < -0.39 is 0 Å². The van der Waals surface area contributed by atoms with Crippen molar-refractivity contribution in [1.29, 1.82) is 0 Å². The third-order valence-electron chi connectivity index (χ3n) is 1.92. The van der Waals surface area contributed by atoms with Crippen LogP contribution in [0, 0.1) is 6.08 Å².